The third-order valence-corrected chi connectivity index (χ3v) is 5.49. The molecule has 2 aliphatic rings. The minimum atomic E-state index is -0.703. The van der Waals surface area contributed by atoms with E-state index in [1.54, 1.807) is 23.4 Å². The van der Waals surface area contributed by atoms with Crippen molar-refractivity contribution in [1.29, 1.82) is 0 Å². The number of fused-ring (bicyclic) bond motifs is 1. The first-order chi connectivity index (χ1) is 15.0. The van der Waals surface area contributed by atoms with Crippen molar-refractivity contribution in [2.75, 3.05) is 39.5 Å². The molecule has 0 radical (unpaired) electrons. The zero-order valence-electron chi connectivity index (χ0n) is 16.8. The molecule has 1 fully saturated rings. The number of nitrogens with one attached hydrogen (secondary N) is 3. The van der Waals surface area contributed by atoms with Crippen molar-refractivity contribution in [1.82, 2.24) is 25.5 Å². The number of nitrogens with zero attached hydrogens (tertiary/aromatic N) is 3. The maximum atomic E-state index is 14.4. The maximum absolute atomic E-state index is 14.4. The van der Waals surface area contributed by atoms with Crippen molar-refractivity contribution in [2.24, 2.45) is 10.9 Å². The van der Waals surface area contributed by atoms with E-state index in [1.165, 1.54) is 0 Å². The standard InChI is InChI=1S/C20H23ClF2N6O2/c21-13-6-14-15(9-26-17(14)25-8-13)18-27-10-16(23)19(28-18)24-7-12-2-1-4-29(11-12)20(30)31-5-3-22/h6,8-9,12,24H,1-5,7,10-11H2,(H,25,26)(H,27,28)/t12-/m1/s1. The molecule has 166 valence electrons. The van der Waals surface area contributed by atoms with E-state index in [1.807, 2.05) is 0 Å². The molecule has 8 nitrogen and oxygen atoms in total. The predicted octanol–water partition coefficient (Wildman–Crippen LogP) is 3.11. The lowest BCUT2D eigenvalue weighted by molar-refractivity contribution is 0.0798. The van der Waals surface area contributed by atoms with E-state index in [0.29, 0.717) is 36.1 Å². The number of pyridine rings is 1. The molecule has 1 atom stereocenters. The first kappa shape index (κ1) is 21.4. The van der Waals surface area contributed by atoms with Crippen LogP contribution in [0.1, 0.15) is 18.4 Å². The number of carbonyl (C=O) groups excluding carboxylic acids is 1. The number of H-pyrrole nitrogens is 1. The number of alkyl halides is 1. The molecule has 2 aliphatic heterocycles. The summed E-state index contributed by atoms with van der Waals surface area (Å²) in [4.78, 5) is 25.2. The number of rotatable bonds is 6. The molecule has 4 rings (SSSR count). The van der Waals surface area contributed by atoms with Crippen LogP contribution in [-0.4, -0.2) is 66.3 Å². The number of halogens is 3. The topological polar surface area (TPSA) is 94.6 Å². The molecular weight excluding hydrogens is 430 g/mol. The van der Waals surface area contributed by atoms with E-state index in [9.17, 15) is 13.6 Å². The van der Waals surface area contributed by atoms with Crippen molar-refractivity contribution in [2.45, 2.75) is 12.8 Å². The van der Waals surface area contributed by atoms with Crippen LogP contribution in [0.4, 0.5) is 13.6 Å². The van der Waals surface area contributed by atoms with Gasteiger partial charge in [-0.2, -0.15) is 0 Å². The smallest absolute Gasteiger partial charge is 0.409 e. The average Bonchev–Trinajstić information content (AvgIpc) is 3.20. The first-order valence-corrected chi connectivity index (χ1v) is 10.5. The molecule has 31 heavy (non-hydrogen) atoms. The van der Waals surface area contributed by atoms with Gasteiger partial charge in [-0.15, -0.1) is 0 Å². The highest BCUT2D eigenvalue weighted by molar-refractivity contribution is 6.31. The van der Waals surface area contributed by atoms with Crippen LogP contribution in [0.5, 0.6) is 0 Å². The summed E-state index contributed by atoms with van der Waals surface area (Å²) in [5, 5.41) is 7.34. The second-order valence-corrected chi connectivity index (χ2v) is 7.89. The third kappa shape index (κ3) is 4.90. The number of aliphatic imine (C=N–C) groups is 1. The van der Waals surface area contributed by atoms with Gasteiger partial charge in [0, 0.05) is 43.0 Å². The van der Waals surface area contributed by atoms with Gasteiger partial charge in [-0.3, -0.25) is 0 Å². The van der Waals surface area contributed by atoms with Gasteiger partial charge in [0.25, 0.3) is 0 Å². The minimum absolute atomic E-state index is 0.00812. The molecule has 11 heteroatoms. The molecule has 0 spiro atoms. The Balaban J connectivity index is 1.42. The Morgan fingerprint density at radius 2 is 2.32 bits per heavy atom. The highest BCUT2D eigenvalue weighted by atomic mass is 35.5. The number of carbonyl (C=O) groups is 1. The van der Waals surface area contributed by atoms with E-state index in [0.717, 1.165) is 23.8 Å². The van der Waals surface area contributed by atoms with Gasteiger partial charge >= 0.3 is 6.09 Å². The number of likely N-dealkylation sites (tertiary alicyclic amines) is 1. The molecule has 4 heterocycles. The molecule has 0 aromatic carbocycles. The van der Waals surface area contributed by atoms with E-state index in [-0.39, 0.29) is 24.9 Å². The molecule has 0 unspecified atom stereocenters. The number of hydrogen-bond donors (Lipinski definition) is 3. The van der Waals surface area contributed by atoms with Crippen LogP contribution in [0.3, 0.4) is 0 Å². The average molecular weight is 453 g/mol. The largest absolute Gasteiger partial charge is 0.447 e. The van der Waals surface area contributed by atoms with E-state index in [4.69, 9.17) is 16.3 Å². The van der Waals surface area contributed by atoms with Crippen LogP contribution in [0.25, 0.3) is 11.0 Å². The van der Waals surface area contributed by atoms with Gasteiger partial charge < -0.3 is 25.3 Å². The summed E-state index contributed by atoms with van der Waals surface area (Å²) in [5.41, 5.74) is 1.41. The van der Waals surface area contributed by atoms with Gasteiger partial charge in [0.05, 0.1) is 11.6 Å². The van der Waals surface area contributed by atoms with Gasteiger partial charge in [-0.25, -0.2) is 23.6 Å². The molecule has 0 bridgehead atoms. The molecule has 1 saturated heterocycles. The summed E-state index contributed by atoms with van der Waals surface area (Å²) in [6, 6.07) is 1.78. The van der Waals surface area contributed by atoms with Crippen LogP contribution >= 0.6 is 11.6 Å². The number of hydrogen-bond acceptors (Lipinski definition) is 6. The van der Waals surface area contributed by atoms with Crippen LogP contribution in [0.2, 0.25) is 5.02 Å². The number of amidine groups is 1. The lowest BCUT2D eigenvalue weighted by atomic mass is 9.98. The summed E-state index contributed by atoms with van der Waals surface area (Å²) < 4.78 is 31.5. The second-order valence-electron chi connectivity index (χ2n) is 7.46. The molecular formula is C20H23ClF2N6O2. The van der Waals surface area contributed by atoms with Crippen LogP contribution < -0.4 is 10.6 Å². The Hall–Kier alpha value is -2.88. The SMILES string of the molecule is O=C(OCCF)N1CCC[C@H](CNC2=C(F)CNC(c3c[nH]c4ncc(Cl)cc34)=N2)C1. The molecule has 0 aliphatic carbocycles. The van der Waals surface area contributed by atoms with Gasteiger partial charge in [-0.1, -0.05) is 11.6 Å². The summed E-state index contributed by atoms with van der Waals surface area (Å²) >= 11 is 6.06. The van der Waals surface area contributed by atoms with Crippen molar-refractivity contribution in [3.05, 3.63) is 40.7 Å². The monoisotopic (exact) mass is 452 g/mol. The summed E-state index contributed by atoms with van der Waals surface area (Å²) in [7, 11) is 0. The fourth-order valence-electron chi connectivity index (χ4n) is 3.78. The third-order valence-electron chi connectivity index (χ3n) is 5.28. The summed E-state index contributed by atoms with van der Waals surface area (Å²) in [6.45, 7) is 0.554. The lowest BCUT2D eigenvalue weighted by Gasteiger charge is -2.32. The quantitative estimate of drug-likeness (QED) is 0.626. The van der Waals surface area contributed by atoms with E-state index in [2.05, 4.69) is 25.6 Å². The number of amides is 1. The van der Waals surface area contributed by atoms with Gasteiger partial charge in [0.2, 0.25) is 0 Å². The molecule has 2 aromatic heterocycles. The van der Waals surface area contributed by atoms with Crippen LogP contribution in [0.15, 0.2) is 35.1 Å². The molecule has 2 aromatic rings. The predicted molar refractivity (Wildman–Crippen MR) is 113 cm³/mol. The van der Waals surface area contributed by atoms with Crippen LogP contribution in [0, 0.1) is 5.92 Å². The summed E-state index contributed by atoms with van der Waals surface area (Å²) in [6.07, 6.45) is 4.48. The minimum Gasteiger partial charge on any atom is -0.447 e. The van der Waals surface area contributed by atoms with Crippen molar-refractivity contribution in [3.63, 3.8) is 0 Å². The van der Waals surface area contributed by atoms with Crippen molar-refractivity contribution < 1.29 is 18.3 Å². The van der Waals surface area contributed by atoms with Gasteiger partial charge in [0.15, 0.2) is 11.6 Å². The molecule has 0 saturated carbocycles. The van der Waals surface area contributed by atoms with E-state index < -0.39 is 18.6 Å². The Kier molecular flexibility index (Phi) is 6.55. The fourth-order valence-corrected chi connectivity index (χ4v) is 3.94. The zero-order valence-corrected chi connectivity index (χ0v) is 17.5. The highest BCUT2D eigenvalue weighted by Gasteiger charge is 2.26. The molecule has 1 amide bonds. The normalized spacial score (nSPS) is 19.3. The van der Waals surface area contributed by atoms with Crippen LogP contribution in [-0.2, 0) is 4.74 Å². The summed E-state index contributed by atoms with van der Waals surface area (Å²) in [5.74, 6) is 0.390. The van der Waals surface area contributed by atoms with Gasteiger partial charge in [-0.05, 0) is 24.8 Å². The Labute approximate surface area is 182 Å². The Morgan fingerprint density at radius 1 is 1.45 bits per heavy atom. The Bertz CT molecular complexity index is 1020. The second kappa shape index (κ2) is 9.51. The van der Waals surface area contributed by atoms with Crippen molar-refractivity contribution in [3.8, 4) is 0 Å². The zero-order chi connectivity index (χ0) is 21.8. The number of ether oxygens (including phenoxy) is 1. The first-order valence-electron chi connectivity index (χ1n) is 10.1. The van der Waals surface area contributed by atoms with E-state index >= 15 is 0 Å². The number of aromatic amines is 1. The lowest BCUT2D eigenvalue weighted by Crippen LogP contribution is -2.43. The van der Waals surface area contributed by atoms with Crippen molar-refractivity contribution >= 4 is 34.6 Å². The molecule has 3 N–H and O–H groups in total. The highest BCUT2D eigenvalue weighted by Crippen LogP contribution is 2.23. The Morgan fingerprint density at radius 3 is 3.16 bits per heavy atom. The fraction of sp³-hybridized carbons (Fsp3) is 0.450. The van der Waals surface area contributed by atoms with Gasteiger partial charge in [0.1, 0.15) is 24.8 Å². The number of aromatic nitrogens is 2. The maximum Gasteiger partial charge on any atom is 0.409 e. The number of piperidine rings is 1.